The predicted molar refractivity (Wildman–Crippen MR) is 124 cm³/mol. The monoisotopic (exact) mass is 488 g/mol. The molecule has 34 heavy (non-hydrogen) atoms. The van der Waals surface area contributed by atoms with E-state index in [9.17, 15) is 27.9 Å². The van der Waals surface area contributed by atoms with Crippen LogP contribution in [-0.2, 0) is 26.2 Å². The number of carbonyl (C=O) groups is 3. The van der Waals surface area contributed by atoms with Gasteiger partial charge in [-0.15, -0.1) is 0 Å². The lowest BCUT2D eigenvalue weighted by Crippen LogP contribution is -2.57. The number of carbonyl (C=O) groups excluding carboxylic acids is 2. The normalized spacial score (nSPS) is 17.4. The molecule has 3 rings (SSSR count). The molecule has 1 aliphatic heterocycles. The number of carboxylic acids is 1. The van der Waals surface area contributed by atoms with Crippen molar-refractivity contribution in [2.24, 2.45) is 0 Å². The fourth-order valence-electron chi connectivity index (χ4n) is 3.69. The maximum absolute atomic E-state index is 13.1. The first-order chi connectivity index (χ1) is 16.3. The van der Waals surface area contributed by atoms with Crippen LogP contribution in [0.2, 0.25) is 0 Å². The highest BCUT2D eigenvalue weighted by Crippen LogP contribution is 2.25. The molecule has 2 aromatic carbocycles. The van der Waals surface area contributed by atoms with Crippen LogP contribution in [0.3, 0.4) is 0 Å². The second-order valence-electron chi connectivity index (χ2n) is 7.89. The van der Waals surface area contributed by atoms with E-state index in [1.807, 2.05) is 30.3 Å². The molecule has 0 spiro atoms. The summed E-state index contributed by atoms with van der Waals surface area (Å²) in [6, 6.07) is 13.9. The Kier molecular flexibility index (Phi) is 8.61. The van der Waals surface area contributed by atoms with Crippen molar-refractivity contribution >= 4 is 27.9 Å². The van der Waals surface area contributed by atoms with E-state index in [4.69, 9.17) is 0 Å². The minimum Gasteiger partial charge on any atom is -0.480 e. The lowest BCUT2D eigenvalue weighted by Gasteiger charge is -2.34. The van der Waals surface area contributed by atoms with E-state index in [0.717, 1.165) is 9.87 Å². The Morgan fingerprint density at radius 2 is 1.62 bits per heavy atom. The van der Waals surface area contributed by atoms with Crippen LogP contribution >= 0.6 is 0 Å². The van der Waals surface area contributed by atoms with Crippen molar-refractivity contribution in [1.82, 2.24) is 20.3 Å². The number of hydrogen-bond donors (Lipinski definition) is 4. The molecule has 11 heteroatoms. The lowest BCUT2D eigenvalue weighted by atomic mass is 10.0. The van der Waals surface area contributed by atoms with Crippen molar-refractivity contribution in [2.45, 2.75) is 42.8 Å². The molecule has 0 aliphatic carbocycles. The Hall–Kier alpha value is -3.44. The van der Waals surface area contributed by atoms with Crippen LogP contribution in [0.15, 0.2) is 65.6 Å². The van der Waals surface area contributed by atoms with Crippen molar-refractivity contribution in [3.05, 3.63) is 66.2 Å². The SMILES string of the molecule is O=C(NCc1ccccc1)NCC(NC(=O)C1CCCCN1S(=O)(=O)c1ccccc1)C(=O)O. The topological polar surface area (TPSA) is 145 Å². The Morgan fingerprint density at radius 3 is 2.26 bits per heavy atom. The number of piperidine rings is 1. The van der Waals surface area contributed by atoms with Gasteiger partial charge in [0, 0.05) is 13.1 Å². The highest BCUT2D eigenvalue weighted by molar-refractivity contribution is 7.89. The van der Waals surface area contributed by atoms with Gasteiger partial charge in [-0.2, -0.15) is 4.31 Å². The molecule has 182 valence electrons. The number of hydrogen-bond acceptors (Lipinski definition) is 5. The summed E-state index contributed by atoms with van der Waals surface area (Å²) in [7, 11) is -3.93. The number of aliphatic carboxylic acids is 1. The molecule has 0 radical (unpaired) electrons. The smallest absolute Gasteiger partial charge is 0.328 e. The van der Waals surface area contributed by atoms with Crippen molar-refractivity contribution < 1.29 is 27.9 Å². The zero-order valence-corrected chi connectivity index (χ0v) is 19.3. The highest BCUT2D eigenvalue weighted by atomic mass is 32.2. The zero-order valence-electron chi connectivity index (χ0n) is 18.5. The third kappa shape index (κ3) is 6.55. The Balaban J connectivity index is 1.61. The van der Waals surface area contributed by atoms with Crippen LogP contribution in [0.4, 0.5) is 4.79 Å². The molecule has 0 bridgehead atoms. The molecule has 1 fully saturated rings. The average molecular weight is 489 g/mol. The van der Waals surface area contributed by atoms with E-state index in [1.54, 1.807) is 18.2 Å². The Morgan fingerprint density at radius 1 is 0.971 bits per heavy atom. The van der Waals surface area contributed by atoms with Gasteiger partial charge in [-0.25, -0.2) is 18.0 Å². The quantitative estimate of drug-likeness (QED) is 0.419. The molecule has 2 unspecified atom stereocenters. The molecule has 4 N–H and O–H groups in total. The summed E-state index contributed by atoms with van der Waals surface area (Å²) >= 11 is 0. The third-order valence-corrected chi connectivity index (χ3v) is 7.41. The largest absolute Gasteiger partial charge is 0.480 e. The summed E-state index contributed by atoms with van der Waals surface area (Å²) in [5.74, 6) is -2.05. The summed E-state index contributed by atoms with van der Waals surface area (Å²) in [5, 5.41) is 17.0. The van der Waals surface area contributed by atoms with Gasteiger partial charge in [-0.1, -0.05) is 55.0 Å². The van der Waals surface area contributed by atoms with Crippen LogP contribution < -0.4 is 16.0 Å². The first-order valence-corrected chi connectivity index (χ1v) is 12.4. The fraction of sp³-hybridized carbons (Fsp3) is 0.348. The van der Waals surface area contributed by atoms with Crippen molar-refractivity contribution in [1.29, 1.82) is 0 Å². The number of nitrogens with zero attached hydrogens (tertiary/aromatic N) is 1. The van der Waals surface area contributed by atoms with Gasteiger partial charge in [0.2, 0.25) is 15.9 Å². The van der Waals surface area contributed by atoms with Gasteiger partial charge in [0.1, 0.15) is 12.1 Å². The molecule has 1 saturated heterocycles. The average Bonchev–Trinajstić information content (AvgIpc) is 2.86. The van der Waals surface area contributed by atoms with E-state index in [0.29, 0.717) is 12.8 Å². The molecular weight excluding hydrogens is 460 g/mol. The molecule has 1 aliphatic rings. The van der Waals surface area contributed by atoms with Crippen LogP contribution in [-0.4, -0.2) is 60.9 Å². The Labute approximate surface area is 198 Å². The minimum atomic E-state index is -3.93. The second-order valence-corrected chi connectivity index (χ2v) is 9.78. The summed E-state index contributed by atoms with van der Waals surface area (Å²) in [4.78, 5) is 36.8. The lowest BCUT2D eigenvalue weighted by molar-refractivity contribution is -0.142. The van der Waals surface area contributed by atoms with Crippen LogP contribution in [0, 0.1) is 0 Å². The molecule has 0 aromatic heterocycles. The van der Waals surface area contributed by atoms with Gasteiger partial charge < -0.3 is 21.1 Å². The van der Waals surface area contributed by atoms with E-state index < -0.39 is 40.0 Å². The first-order valence-electron chi connectivity index (χ1n) is 10.9. The number of rotatable bonds is 9. The predicted octanol–water partition coefficient (Wildman–Crippen LogP) is 1.30. The number of amides is 3. The van der Waals surface area contributed by atoms with Gasteiger partial charge in [0.15, 0.2) is 0 Å². The summed E-state index contributed by atoms with van der Waals surface area (Å²) in [6.45, 7) is 0.0538. The van der Waals surface area contributed by atoms with Gasteiger partial charge in [0.05, 0.1) is 11.4 Å². The van der Waals surface area contributed by atoms with Crippen LogP contribution in [0.5, 0.6) is 0 Å². The van der Waals surface area contributed by atoms with Crippen molar-refractivity contribution in [3.8, 4) is 0 Å². The molecule has 3 amide bonds. The van der Waals surface area contributed by atoms with Crippen molar-refractivity contribution in [2.75, 3.05) is 13.1 Å². The van der Waals surface area contributed by atoms with E-state index in [-0.39, 0.29) is 31.0 Å². The molecule has 10 nitrogen and oxygen atoms in total. The Bertz CT molecular complexity index is 1090. The summed E-state index contributed by atoms with van der Waals surface area (Å²) in [5.41, 5.74) is 0.873. The first kappa shape index (κ1) is 25.2. The number of benzene rings is 2. The van der Waals surface area contributed by atoms with Gasteiger partial charge in [-0.05, 0) is 30.5 Å². The van der Waals surface area contributed by atoms with Crippen molar-refractivity contribution in [3.63, 3.8) is 0 Å². The highest BCUT2D eigenvalue weighted by Gasteiger charge is 2.38. The van der Waals surface area contributed by atoms with E-state index >= 15 is 0 Å². The maximum atomic E-state index is 13.1. The van der Waals surface area contributed by atoms with E-state index in [1.165, 1.54) is 12.1 Å². The number of urea groups is 1. The molecule has 2 aromatic rings. The summed E-state index contributed by atoms with van der Waals surface area (Å²) in [6.07, 6.45) is 1.51. The number of carboxylic acid groups (broad SMARTS) is 1. The maximum Gasteiger partial charge on any atom is 0.328 e. The fourth-order valence-corrected chi connectivity index (χ4v) is 5.36. The summed E-state index contributed by atoms with van der Waals surface area (Å²) < 4.78 is 27.3. The molecule has 2 atom stereocenters. The molecular formula is C23H28N4O6S. The molecule has 0 saturated carbocycles. The third-order valence-electron chi connectivity index (χ3n) is 5.48. The van der Waals surface area contributed by atoms with Gasteiger partial charge in [-0.3, -0.25) is 4.79 Å². The number of sulfonamides is 1. The van der Waals surface area contributed by atoms with Crippen LogP contribution in [0.1, 0.15) is 24.8 Å². The zero-order chi connectivity index (χ0) is 24.6. The second kappa shape index (κ2) is 11.6. The van der Waals surface area contributed by atoms with Gasteiger partial charge in [0.25, 0.3) is 0 Å². The van der Waals surface area contributed by atoms with E-state index in [2.05, 4.69) is 16.0 Å². The van der Waals surface area contributed by atoms with Gasteiger partial charge >= 0.3 is 12.0 Å². The van der Waals surface area contributed by atoms with Crippen LogP contribution in [0.25, 0.3) is 0 Å². The standard InChI is InChI=1S/C23H28N4O6S/c28-21(20-13-7-8-14-27(20)34(32,33)18-11-5-2-6-12-18)26-19(22(29)30)16-25-23(31)24-15-17-9-3-1-4-10-17/h1-6,9-12,19-20H,7-8,13-16H2,(H,26,28)(H,29,30)(H2,24,25,31). The minimum absolute atomic E-state index is 0.0706. The number of nitrogens with one attached hydrogen (secondary N) is 3. The molecule has 1 heterocycles.